The van der Waals surface area contributed by atoms with Crippen LogP contribution >= 0.6 is 0 Å². The van der Waals surface area contributed by atoms with Gasteiger partial charge in [0.25, 0.3) is 0 Å². The largest absolute Gasteiger partial charge is 0.355 e. The maximum Gasteiger partial charge on any atom is 0.203 e. The highest BCUT2D eigenvalue weighted by Gasteiger charge is 1.93. The van der Waals surface area contributed by atoms with E-state index in [-0.39, 0.29) is 0 Å². The van der Waals surface area contributed by atoms with Gasteiger partial charge >= 0.3 is 0 Å². The van der Waals surface area contributed by atoms with Gasteiger partial charge in [0.15, 0.2) is 5.58 Å². The van der Waals surface area contributed by atoms with Crippen molar-refractivity contribution < 1.29 is 4.52 Å². The minimum absolute atomic E-state index is 0.525. The SMILES string of the molecule is c1cnc2cnoc2c1.c1cnc2nnncc2n1. The van der Waals surface area contributed by atoms with Gasteiger partial charge in [-0.15, -0.1) is 10.2 Å². The molecule has 8 nitrogen and oxygen atoms in total. The van der Waals surface area contributed by atoms with Crippen molar-refractivity contribution in [1.82, 2.24) is 35.5 Å². The second-order valence-corrected chi connectivity index (χ2v) is 3.41. The van der Waals surface area contributed by atoms with Gasteiger partial charge in [-0.05, 0) is 17.3 Å². The molecule has 0 unspecified atom stereocenters. The average molecular weight is 253 g/mol. The zero-order valence-electron chi connectivity index (χ0n) is 9.58. The number of fused-ring (bicyclic) bond motifs is 2. The second-order valence-electron chi connectivity index (χ2n) is 3.41. The molecule has 0 aliphatic carbocycles. The number of nitrogens with zero attached hydrogens (tertiary/aromatic N) is 7. The van der Waals surface area contributed by atoms with E-state index in [1.165, 1.54) is 6.20 Å². The van der Waals surface area contributed by atoms with Crippen molar-refractivity contribution in [2.24, 2.45) is 0 Å². The minimum atomic E-state index is 0.525. The van der Waals surface area contributed by atoms with Crippen molar-refractivity contribution in [2.75, 3.05) is 0 Å². The zero-order chi connectivity index (χ0) is 12.9. The van der Waals surface area contributed by atoms with Crippen molar-refractivity contribution in [3.63, 3.8) is 0 Å². The van der Waals surface area contributed by atoms with Crippen LogP contribution in [0.4, 0.5) is 0 Å². The van der Waals surface area contributed by atoms with Crippen molar-refractivity contribution in [3.8, 4) is 0 Å². The smallest absolute Gasteiger partial charge is 0.203 e. The van der Waals surface area contributed by atoms with E-state index in [0.717, 1.165) is 11.1 Å². The fraction of sp³-hybridized carbons (Fsp3) is 0. The van der Waals surface area contributed by atoms with Crippen molar-refractivity contribution in [3.05, 3.63) is 43.1 Å². The van der Waals surface area contributed by atoms with E-state index in [1.54, 1.807) is 24.8 Å². The van der Waals surface area contributed by atoms with Gasteiger partial charge in [-0.25, -0.2) is 9.97 Å². The summed E-state index contributed by atoms with van der Waals surface area (Å²) in [6.45, 7) is 0. The fourth-order valence-electron chi connectivity index (χ4n) is 1.37. The number of hydrogen-bond acceptors (Lipinski definition) is 8. The van der Waals surface area contributed by atoms with Crippen LogP contribution in [0.2, 0.25) is 0 Å². The van der Waals surface area contributed by atoms with Crippen molar-refractivity contribution >= 4 is 22.3 Å². The molecule has 4 rings (SSSR count). The fourth-order valence-corrected chi connectivity index (χ4v) is 1.37. The Labute approximate surface area is 106 Å². The molecule has 0 aliphatic heterocycles. The van der Waals surface area contributed by atoms with Gasteiger partial charge < -0.3 is 4.52 Å². The Balaban J connectivity index is 0.000000117. The first-order valence-corrected chi connectivity index (χ1v) is 5.34. The lowest BCUT2D eigenvalue weighted by Gasteiger charge is -1.87. The molecule has 0 spiro atoms. The first kappa shape index (κ1) is 11.1. The summed E-state index contributed by atoms with van der Waals surface area (Å²) in [5, 5.41) is 14.2. The van der Waals surface area contributed by atoms with E-state index < -0.39 is 0 Å². The van der Waals surface area contributed by atoms with Gasteiger partial charge in [0.1, 0.15) is 11.0 Å². The molecule has 0 amide bonds. The van der Waals surface area contributed by atoms with Crippen LogP contribution in [0.5, 0.6) is 0 Å². The third kappa shape index (κ3) is 2.46. The molecule has 0 N–H and O–H groups in total. The molecular formula is C11H7N7O. The Kier molecular flexibility index (Phi) is 2.97. The van der Waals surface area contributed by atoms with E-state index >= 15 is 0 Å². The predicted octanol–water partition coefficient (Wildman–Crippen LogP) is 1.04. The molecule has 0 saturated heterocycles. The molecule has 0 fully saturated rings. The highest BCUT2D eigenvalue weighted by Crippen LogP contribution is 2.06. The summed E-state index contributed by atoms with van der Waals surface area (Å²) in [7, 11) is 0. The Morgan fingerprint density at radius 3 is 2.68 bits per heavy atom. The Hall–Kier alpha value is -3.03. The number of rotatable bonds is 0. The summed E-state index contributed by atoms with van der Waals surface area (Å²) in [4.78, 5) is 11.8. The van der Waals surface area contributed by atoms with Gasteiger partial charge in [-0.2, -0.15) is 0 Å². The molecule has 0 bridgehead atoms. The minimum Gasteiger partial charge on any atom is -0.355 e. The molecule has 4 aromatic heterocycles. The maximum absolute atomic E-state index is 4.81. The molecule has 0 atom stereocenters. The molecule has 4 aromatic rings. The molecule has 0 aliphatic rings. The summed E-state index contributed by atoms with van der Waals surface area (Å²) < 4.78 is 4.81. The van der Waals surface area contributed by atoms with E-state index in [4.69, 9.17) is 4.52 Å². The molecule has 92 valence electrons. The summed E-state index contributed by atoms with van der Waals surface area (Å²) >= 11 is 0. The number of aromatic nitrogens is 7. The van der Waals surface area contributed by atoms with Crippen LogP contribution < -0.4 is 0 Å². The van der Waals surface area contributed by atoms with E-state index in [0.29, 0.717) is 11.2 Å². The van der Waals surface area contributed by atoms with Crippen LogP contribution in [0, 0.1) is 0 Å². The quantitative estimate of drug-likeness (QED) is 0.457. The van der Waals surface area contributed by atoms with Crippen LogP contribution in [0.25, 0.3) is 22.3 Å². The number of pyridine rings is 1. The maximum atomic E-state index is 4.81. The third-order valence-electron chi connectivity index (χ3n) is 2.20. The normalized spacial score (nSPS) is 10.1. The average Bonchev–Trinajstić information content (AvgIpc) is 2.96. The lowest BCUT2D eigenvalue weighted by molar-refractivity contribution is 0.456. The topological polar surface area (TPSA) is 103 Å². The molecule has 0 aromatic carbocycles. The predicted molar refractivity (Wildman–Crippen MR) is 64.7 cm³/mol. The third-order valence-corrected chi connectivity index (χ3v) is 2.20. The Morgan fingerprint density at radius 1 is 0.895 bits per heavy atom. The molecule has 19 heavy (non-hydrogen) atoms. The van der Waals surface area contributed by atoms with Crippen LogP contribution in [-0.2, 0) is 0 Å². The summed E-state index contributed by atoms with van der Waals surface area (Å²) in [5.74, 6) is 0. The zero-order valence-corrected chi connectivity index (χ0v) is 9.58. The standard InChI is InChI=1S/C6H4N2O.C5H3N5/c1-2-6-5(7-3-1)4-8-9-6;1-2-7-5-4(6-1)3-8-10-9-5/h1-4H;1-3H. The highest BCUT2D eigenvalue weighted by molar-refractivity contribution is 5.69. The van der Waals surface area contributed by atoms with E-state index in [9.17, 15) is 0 Å². The first-order valence-electron chi connectivity index (χ1n) is 5.34. The van der Waals surface area contributed by atoms with Gasteiger partial charge in [0.2, 0.25) is 5.65 Å². The van der Waals surface area contributed by atoms with Crippen molar-refractivity contribution in [1.29, 1.82) is 0 Å². The molecule has 8 heteroatoms. The summed E-state index contributed by atoms with van der Waals surface area (Å²) in [6.07, 6.45) is 7.98. The van der Waals surface area contributed by atoms with Crippen LogP contribution in [0.3, 0.4) is 0 Å². The lowest BCUT2D eigenvalue weighted by atomic mass is 10.4. The van der Waals surface area contributed by atoms with Crippen LogP contribution in [0.1, 0.15) is 0 Å². The monoisotopic (exact) mass is 253 g/mol. The molecule has 4 heterocycles. The first-order chi connectivity index (χ1) is 9.43. The Bertz CT molecular complexity index is 705. The summed E-state index contributed by atoms with van der Waals surface area (Å²) in [6, 6.07) is 3.64. The Morgan fingerprint density at radius 2 is 1.79 bits per heavy atom. The van der Waals surface area contributed by atoms with E-state index in [1.807, 2.05) is 12.1 Å². The van der Waals surface area contributed by atoms with Gasteiger partial charge in [0.05, 0.1) is 12.4 Å². The van der Waals surface area contributed by atoms with Crippen molar-refractivity contribution in [2.45, 2.75) is 0 Å². The molecular weight excluding hydrogens is 246 g/mol. The lowest BCUT2D eigenvalue weighted by Crippen LogP contribution is -1.90. The molecule has 0 saturated carbocycles. The highest BCUT2D eigenvalue weighted by atomic mass is 16.5. The molecule has 0 radical (unpaired) electrons. The van der Waals surface area contributed by atoms with Crippen LogP contribution in [-0.4, -0.2) is 35.5 Å². The van der Waals surface area contributed by atoms with E-state index in [2.05, 4.69) is 35.5 Å². The summed E-state index contributed by atoms with van der Waals surface area (Å²) in [5.41, 5.74) is 2.73. The second kappa shape index (κ2) is 5.08. The number of hydrogen-bond donors (Lipinski definition) is 0. The van der Waals surface area contributed by atoms with Gasteiger partial charge in [-0.1, -0.05) is 5.16 Å². The van der Waals surface area contributed by atoms with Gasteiger partial charge in [0, 0.05) is 18.6 Å². The van der Waals surface area contributed by atoms with Crippen LogP contribution in [0.15, 0.2) is 47.6 Å². The van der Waals surface area contributed by atoms with Gasteiger partial charge in [-0.3, -0.25) is 4.98 Å².